The number of hydrogen-bond acceptors (Lipinski definition) is 1. The fourth-order valence-corrected chi connectivity index (χ4v) is 1.02. The molecule has 0 aromatic heterocycles. The summed E-state index contributed by atoms with van der Waals surface area (Å²) in [6.07, 6.45) is 0. The molecule has 46 valence electrons. The maximum atomic E-state index is 2.22. The Bertz CT molecular complexity index is 172. The van der Waals surface area contributed by atoms with Gasteiger partial charge in [0.2, 0.25) is 0 Å². The Morgan fingerprint density at radius 3 is 2.11 bits per heavy atom. The second kappa shape index (κ2) is 2.91. The van der Waals surface area contributed by atoms with Crippen molar-refractivity contribution >= 4 is 22.2 Å². The highest BCUT2D eigenvalue weighted by molar-refractivity contribution is 6.17. The van der Waals surface area contributed by atoms with Gasteiger partial charge in [0, 0.05) is 5.69 Å². The molecule has 0 saturated heterocycles. The Kier molecular flexibility index (Phi) is 2.16. The SMILES string of the molecule is C[N]([AlH2])c1ccccc1. The molecule has 0 aliphatic carbocycles. The molecule has 1 aromatic carbocycles. The van der Waals surface area contributed by atoms with Crippen molar-refractivity contribution in [1.82, 2.24) is 0 Å². The Morgan fingerprint density at radius 2 is 1.78 bits per heavy atom. The Labute approximate surface area is 63.9 Å². The van der Waals surface area contributed by atoms with Crippen molar-refractivity contribution in [3.63, 3.8) is 0 Å². The predicted molar refractivity (Wildman–Crippen MR) is 43.4 cm³/mol. The normalized spacial score (nSPS) is 9.00. The van der Waals surface area contributed by atoms with Crippen molar-refractivity contribution in [2.45, 2.75) is 0 Å². The van der Waals surface area contributed by atoms with E-state index in [1.54, 1.807) is 0 Å². The summed E-state index contributed by atoms with van der Waals surface area (Å²) in [6.45, 7) is 0. The summed E-state index contributed by atoms with van der Waals surface area (Å²) < 4.78 is 2.22. The fraction of sp³-hybridized carbons (Fsp3) is 0.143. The minimum atomic E-state index is 1.09. The van der Waals surface area contributed by atoms with E-state index in [2.05, 4.69) is 35.2 Å². The molecule has 9 heavy (non-hydrogen) atoms. The van der Waals surface area contributed by atoms with E-state index < -0.39 is 0 Å². The molecule has 0 unspecified atom stereocenters. The maximum absolute atomic E-state index is 2.22. The molecule has 0 amide bonds. The summed E-state index contributed by atoms with van der Waals surface area (Å²) in [5.41, 5.74) is 1.31. The van der Waals surface area contributed by atoms with Crippen LogP contribution in [0.25, 0.3) is 0 Å². The minimum Gasteiger partial charge on any atom is -0.471 e. The Morgan fingerprint density at radius 1 is 1.22 bits per heavy atom. The third-order valence-electron chi connectivity index (χ3n) is 1.27. The van der Waals surface area contributed by atoms with Crippen LogP contribution in [0.3, 0.4) is 0 Å². The van der Waals surface area contributed by atoms with Gasteiger partial charge in [0.15, 0.2) is 0 Å². The predicted octanol–water partition coefficient (Wildman–Crippen LogP) is 0.671. The summed E-state index contributed by atoms with van der Waals surface area (Å²) in [4.78, 5) is 0. The summed E-state index contributed by atoms with van der Waals surface area (Å²) in [5.74, 6) is 0. The molecule has 0 spiro atoms. The van der Waals surface area contributed by atoms with Gasteiger partial charge in [0.05, 0.1) is 0 Å². The Hall–Kier alpha value is -0.448. The zero-order valence-electron chi connectivity index (χ0n) is 5.83. The van der Waals surface area contributed by atoms with E-state index in [0.717, 1.165) is 16.5 Å². The van der Waals surface area contributed by atoms with Crippen molar-refractivity contribution in [1.29, 1.82) is 0 Å². The minimum absolute atomic E-state index is 1.09. The number of nitrogens with zero attached hydrogens (tertiary/aromatic N) is 1. The second-order valence-corrected chi connectivity index (χ2v) is 3.57. The van der Waals surface area contributed by atoms with E-state index in [9.17, 15) is 0 Å². The van der Waals surface area contributed by atoms with Gasteiger partial charge < -0.3 is 3.88 Å². The van der Waals surface area contributed by atoms with Crippen molar-refractivity contribution in [2.75, 3.05) is 10.9 Å². The molecule has 0 radical (unpaired) electrons. The molecule has 0 fully saturated rings. The van der Waals surface area contributed by atoms with Crippen molar-refractivity contribution < 1.29 is 0 Å². The molecule has 0 aliphatic rings. The van der Waals surface area contributed by atoms with Gasteiger partial charge in [-0.1, -0.05) is 18.2 Å². The third-order valence-corrected chi connectivity index (χ3v) is 1.79. The lowest BCUT2D eigenvalue weighted by Gasteiger charge is -2.12. The van der Waals surface area contributed by atoms with Crippen LogP contribution in [0.4, 0.5) is 5.69 Å². The van der Waals surface area contributed by atoms with E-state index in [0.29, 0.717) is 0 Å². The van der Waals surface area contributed by atoms with E-state index in [4.69, 9.17) is 0 Å². The molecular formula is C7H10AlN. The summed E-state index contributed by atoms with van der Waals surface area (Å²) in [5, 5.41) is 0. The molecular weight excluding hydrogens is 125 g/mol. The van der Waals surface area contributed by atoms with Gasteiger partial charge in [-0.2, -0.15) is 0 Å². The first kappa shape index (κ1) is 6.67. The molecule has 1 aromatic rings. The molecule has 1 nitrogen and oxygen atoms in total. The van der Waals surface area contributed by atoms with Crippen molar-refractivity contribution in [3.8, 4) is 0 Å². The van der Waals surface area contributed by atoms with Crippen LogP contribution < -0.4 is 3.88 Å². The van der Waals surface area contributed by atoms with Gasteiger partial charge in [-0.25, -0.2) is 0 Å². The second-order valence-electron chi connectivity index (χ2n) is 2.23. The van der Waals surface area contributed by atoms with Crippen LogP contribution in [-0.2, 0) is 0 Å². The smallest absolute Gasteiger partial charge is 0.363 e. The van der Waals surface area contributed by atoms with Crippen molar-refractivity contribution in [2.24, 2.45) is 0 Å². The van der Waals surface area contributed by atoms with E-state index >= 15 is 0 Å². The number of anilines is 1. The molecule has 0 heterocycles. The van der Waals surface area contributed by atoms with Crippen LogP contribution in [0.2, 0.25) is 0 Å². The van der Waals surface area contributed by atoms with E-state index in [-0.39, 0.29) is 0 Å². The van der Waals surface area contributed by atoms with Gasteiger partial charge in [-0.15, -0.1) is 0 Å². The van der Waals surface area contributed by atoms with Gasteiger partial charge >= 0.3 is 16.5 Å². The molecule has 0 aliphatic heterocycles. The van der Waals surface area contributed by atoms with Crippen LogP contribution in [0, 0.1) is 0 Å². The lowest BCUT2D eigenvalue weighted by atomic mass is 10.3. The fourth-order valence-electron chi connectivity index (χ4n) is 0.726. The van der Waals surface area contributed by atoms with Gasteiger partial charge in [0.25, 0.3) is 0 Å². The first-order valence-corrected chi connectivity index (χ1v) is 3.92. The maximum Gasteiger partial charge on any atom is 0.363 e. The zero-order valence-corrected chi connectivity index (χ0v) is 7.83. The van der Waals surface area contributed by atoms with Crippen LogP contribution in [0.1, 0.15) is 0 Å². The van der Waals surface area contributed by atoms with Gasteiger partial charge in [-0.3, -0.25) is 0 Å². The first-order chi connectivity index (χ1) is 4.30. The highest BCUT2D eigenvalue weighted by Gasteiger charge is 1.87. The van der Waals surface area contributed by atoms with E-state index in [1.807, 2.05) is 6.07 Å². The number of benzene rings is 1. The van der Waals surface area contributed by atoms with Crippen LogP contribution >= 0.6 is 0 Å². The number of rotatable bonds is 1. The molecule has 0 atom stereocenters. The summed E-state index contributed by atoms with van der Waals surface area (Å²) in [6, 6.07) is 10.4. The van der Waals surface area contributed by atoms with E-state index in [1.165, 1.54) is 5.69 Å². The molecule has 0 N–H and O–H groups in total. The highest BCUT2D eigenvalue weighted by Crippen LogP contribution is 2.06. The average Bonchev–Trinajstić information content (AvgIpc) is 1.90. The average molecular weight is 135 g/mol. The Balaban J connectivity index is 2.85. The molecule has 0 bridgehead atoms. The van der Waals surface area contributed by atoms with Crippen LogP contribution in [0.5, 0.6) is 0 Å². The largest absolute Gasteiger partial charge is 0.471 e. The summed E-state index contributed by atoms with van der Waals surface area (Å²) >= 11 is 1.09. The first-order valence-electron chi connectivity index (χ1n) is 3.03. The highest BCUT2D eigenvalue weighted by atomic mass is 27.1. The lowest BCUT2D eigenvalue weighted by molar-refractivity contribution is 1.34. The monoisotopic (exact) mass is 135 g/mol. The van der Waals surface area contributed by atoms with Gasteiger partial charge in [0.1, 0.15) is 0 Å². The van der Waals surface area contributed by atoms with Crippen molar-refractivity contribution in [3.05, 3.63) is 30.3 Å². The topological polar surface area (TPSA) is 3.24 Å². The zero-order chi connectivity index (χ0) is 6.69. The summed E-state index contributed by atoms with van der Waals surface area (Å²) in [7, 11) is 2.10. The third kappa shape index (κ3) is 1.74. The molecule has 1 rings (SSSR count). The lowest BCUT2D eigenvalue weighted by Crippen LogP contribution is -2.10. The quantitative estimate of drug-likeness (QED) is 0.511. The number of hydrogen-bond donors (Lipinski definition) is 0. The van der Waals surface area contributed by atoms with Crippen LogP contribution in [0.15, 0.2) is 30.3 Å². The number of para-hydroxylation sites is 1. The molecule has 0 saturated carbocycles. The molecule has 2 heteroatoms. The standard InChI is InChI=1S/C7H8N.Al.2H/c1-8-7-5-3-2-4-6-7;;;/h2-6H,1H3;;;/q-1;+1;;. The van der Waals surface area contributed by atoms with Gasteiger partial charge in [-0.05, 0) is 19.2 Å². The van der Waals surface area contributed by atoms with Crippen LogP contribution in [-0.4, -0.2) is 23.6 Å².